The number of ether oxygens (including phenoxy) is 1. The maximum atomic E-state index is 12.3. The zero-order valence-electron chi connectivity index (χ0n) is 10.5. The van der Waals surface area contributed by atoms with Crippen LogP contribution in [0.2, 0.25) is 0 Å². The summed E-state index contributed by atoms with van der Waals surface area (Å²) in [5, 5.41) is 0. The van der Waals surface area contributed by atoms with Gasteiger partial charge in [-0.15, -0.1) is 0 Å². The average Bonchev–Trinajstić information content (AvgIpc) is 2.21. The molecule has 2 nitrogen and oxygen atoms in total. The maximum Gasteiger partial charge on any atom is 0.423 e. The number of hydrogen-bond donors (Lipinski definition) is 0. The molecule has 0 fully saturated rings. The molecule has 0 atom stereocenters. The highest BCUT2D eigenvalue weighted by molar-refractivity contribution is 4.75. The van der Waals surface area contributed by atoms with Crippen LogP contribution >= 0.6 is 0 Å². The summed E-state index contributed by atoms with van der Waals surface area (Å²) in [6.07, 6.45) is -14.6. The highest BCUT2D eigenvalue weighted by atomic mass is 19.4. The minimum Gasteiger partial charge on any atom is -0.309 e. The van der Waals surface area contributed by atoms with Gasteiger partial charge in [0.05, 0.1) is 19.6 Å². The Morgan fingerprint density at radius 3 is 1.39 bits per heavy atom. The van der Waals surface area contributed by atoms with E-state index in [4.69, 9.17) is 0 Å². The molecule has 0 aliphatic rings. The molecule has 0 aliphatic heterocycles. The first-order valence-corrected chi connectivity index (χ1v) is 5.62. The Labute approximate surface area is 102 Å². The first-order chi connectivity index (χ1) is 8.02. The molecule has 0 aromatic carbocycles. The van der Waals surface area contributed by atoms with Crippen LogP contribution in [-0.4, -0.2) is 49.3 Å². The van der Waals surface area contributed by atoms with Crippen molar-refractivity contribution in [1.82, 2.24) is 0 Å². The summed E-state index contributed by atoms with van der Waals surface area (Å²) in [4.78, 5) is 0. The smallest absolute Gasteiger partial charge is 0.309 e. The van der Waals surface area contributed by atoms with Crippen molar-refractivity contribution < 1.29 is 35.6 Å². The van der Waals surface area contributed by atoms with Crippen LogP contribution in [0, 0.1) is 0 Å². The van der Waals surface area contributed by atoms with Gasteiger partial charge in [0.25, 0.3) is 6.10 Å². The summed E-state index contributed by atoms with van der Waals surface area (Å²) < 4.78 is 77.7. The van der Waals surface area contributed by atoms with Gasteiger partial charge in [0.1, 0.15) is 0 Å². The Hall–Kier alpha value is -0.500. The van der Waals surface area contributed by atoms with Crippen molar-refractivity contribution in [2.75, 3.05) is 26.4 Å². The van der Waals surface area contributed by atoms with Crippen LogP contribution < -0.4 is 0 Å². The Bertz CT molecular complexity index is 223. The second kappa shape index (κ2) is 6.10. The molecule has 0 spiro atoms. The second-order valence-corrected chi connectivity index (χ2v) is 4.05. The lowest BCUT2D eigenvalue weighted by atomic mass is 10.3. The largest absolute Gasteiger partial charge is 0.423 e. The van der Waals surface area contributed by atoms with Crippen molar-refractivity contribution in [2.45, 2.75) is 39.2 Å². The van der Waals surface area contributed by atoms with Crippen LogP contribution in [0.3, 0.4) is 0 Å². The van der Waals surface area contributed by atoms with E-state index in [0.29, 0.717) is 19.6 Å². The van der Waals surface area contributed by atoms with Crippen LogP contribution in [0.15, 0.2) is 0 Å². The molecular formula is C10H18F6NO+. The van der Waals surface area contributed by atoms with Gasteiger partial charge in [-0.1, -0.05) is 0 Å². The first-order valence-electron chi connectivity index (χ1n) is 5.62. The van der Waals surface area contributed by atoms with Gasteiger partial charge in [-0.2, -0.15) is 26.3 Å². The lowest BCUT2D eigenvalue weighted by molar-refractivity contribution is -0.942. The van der Waals surface area contributed by atoms with E-state index in [0.717, 1.165) is 0 Å². The van der Waals surface area contributed by atoms with Gasteiger partial charge < -0.3 is 9.22 Å². The monoisotopic (exact) mass is 282 g/mol. The Balaban J connectivity index is 4.83. The van der Waals surface area contributed by atoms with E-state index >= 15 is 0 Å². The fourth-order valence-electron chi connectivity index (χ4n) is 1.55. The highest BCUT2D eigenvalue weighted by Gasteiger charge is 2.58. The third-order valence-electron chi connectivity index (χ3n) is 3.12. The van der Waals surface area contributed by atoms with Crippen molar-refractivity contribution in [1.29, 1.82) is 0 Å². The Morgan fingerprint density at radius 2 is 1.17 bits per heavy atom. The number of hydrogen-bond acceptors (Lipinski definition) is 1. The van der Waals surface area contributed by atoms with Gasteiger partial charge in [-0.05, 0) is 20.8 Å². The fraction of sp³-hybridized carbons (Fsp3) is 1.00. The lowest BCUT2D eigenvalue weighted by Crippen LogP contribution is -2.53. The van der Waals surface area contributed by atoms with E-state index < -0.39 is 25.2 Å². The van der Waals surface area contributed by atoms with Gasteiger partial charge in [0.15, 0.2) is 6.73 Å². The van der Waals surface area contributed by atoms with E-state index in [9.17, 15) is 26.3 Å². The molecule has 0 aliphatic carbocycles. The zero-order chi connectivity index (χ0) is 14.6. The third kappa shape index (κ3) is 4.64. The summed E-state index contributed by atoms with van der Waals surface area (Å²) in [6.45, 7) is 5.74. The predicted molar refractivity (Wildman–Crippen MR) is 53.7 cm³/mol. The molecule has 0 amide bonds. The number of rotatable bonds is 6. The van der Waals surface area contributed by atoms with E-state index in [1.165, 1.54) is 0 Å². The van der Waals surface area contributed by atoms with Crippen LogP contribution in [0.1, 0.15) is 20.8 Å². The quantitative estimate of drug-likeness (QED) is 0.412. The summed E-state index contributed by atoms with van der Waals surface area (Å²) in [6, 6.07) is 0. The summed E-state index contributed by atoms with van der Waals surface area (Å²) in [7, 11) is 0. The molecule has 0 radical (unpaired) electrons. The minimum absolute atomic E-state index is 0.0582. The van der Waals surface area contributed by atoms with Crippen LogP contribution in [0.5, 0.6) is 0 Å². The normalized spacial score (nSPS) is 14.3. The van der Waals surface area contributed by atoms with Crippen LogP contribution in [-0.2, 0) is 4.74 Å². The number of alkyl halides is 6. The molecule has 0 unspecified atom stereocenters. The molecule has 110 valence electrons. The van der Waals surface area contributed by atoms with Crippen molar-refractivity contribution in [3.8, 4) is 0 Å². The van der Waals surface area contributed by atoms with E-state index in [1.54, 1.807) is 20.8 Å². The maximum absolute atomic E-state index is 12.3. The van der Waals surface area contributed by atoms with Crippen LogP contribution in [0.25, 0.3) is 0 Å². The summed E-state index contributed by atoms with van der Waals surface area (Å²) >= 11 is 0. The number of quaternary nitrogens is 1. The molecule has 8 heteroatoms. The SMILES string of the molecule is CC[N+](CC)(CC)COC(C(F)(F)F)C(F)(F)F. The van der Waals surface area contributed by atoms with Gasteiger partial charge in [0, 0.05) is 0 Å². The zero-order valence-corrected chi connectivity index (χ0v) is 10.5. The van der Waals surface area contributed by atoms with Gasteiger partial charge >= 0.3 is 12.4 Å². The average molecular weight is 282 g/mol. The van der Waals surface area contributed by atoms with Crippen molar-refractivity contribution in [3.63, 3.8) is 0 Å². The standard InChI is InChI=1S/C10H18F6NO/c1-4-17(5-2,6-3)7-18-8(9(11,12)13)10(14,15)16/h8H,4-7H2,1-3H3/q+1. The second-order valence-electron chi connectivity index (χ2n) is 4.05. The predicted octanol–water partition coefficient (Wildman–Crippen LogP) is 3.33. The van der Waals surface area contributed by atoms with E-state index in [2.05, 4.69) is 4.74 Å². The molecule has 0 rings (SSSR count). The molecule has 0 N–H and O–H groups in total. The number of nitrogens with zero attached hydrogens (tertiary/aromatic N) is 1. The molecule has 18 heavy (non-hydrogen) atoms. The van der Waals surface area contributed by atoms with E-state index in [1.807, 2.05) is 0 Å². The molecule has 0 aromatic heterocycles. The number of halogens is 6. The molecule has 0 heterocycles. The molecule has 0 aromatic rings. The molecular weight excluding hydrogens is 264 g/mol. The first kappa shape index (κ1) is 17.5. The molecule has 0 bridgehead atoms. The Kier molecular flexibility index (Phi) is 5.93. The molecule has 0 saturated carbocycles. The summed E-state index contributed by atoms with van der Waals surface area (Å²) in [5.74, 6) is 0. The fourth-order valence-corrected chi connectivity index (χ4v) is 1.55. The Morgan fingerprint density at radius 1 is 0.833 bits per heavy atom. The highest BCUT2D eigenvalue weighted by Crippen LogP contribution is 2.36. The van der Waals surface area contributed by atoms with Crippen molar-refractivity contribution in [2.24, 2.45) is 0 Å². The van der Waals surface area contributed by atoms with Crippen molar-refractivity contribution >= 4 is 0 Å². The van der Waals surface area contributed by atoms with Gasteiger partial charge in [-0.25, -0.2) is 0 Å². The minimum atomic E-state index is -5.44. The molecule has 0 saturated heterocycles. The topological polar surface area (TPSA) is 9.23 Å². The van der Waals surface area contributed by atoms with Gasteiger partial charge in [0.2, 0.25) is 0 Å². The summed E-state index contributed by atoms with van der Waals surface area (Å²) in [5.41, 5.74) is 0. The van der Waals surface area contributed by atoms with E-state index in [-0.39, 0.29) is 4.48 Å². The van der Waals surface area contributed by atoms with Gasteiger partial charge in [-0.3, -0.25) is 0 Å². The third-order valence-corrected chi connectivity index (χ3v) is 3.12. The van der Waals surface area contributed by atoms with Crippen molar-refractivity contribution in [3.05, 3.63) is 0 Å². The van der Waals surface area contributed by atoms with Crippen LogP contribution in [0.4, 0.5) is 26.3 Å². The lowest BCUT2D eigenvalue weighted by Gasteiger charge is -2.36.